The van der Waals surface area contributed by atoms with E-state index in [2.05, 4.69) is 53.7 Å². The number of amides is 1. The number of hydrogen-bond donors (Lipinski definition) is 0. The standard InChI is InChI=1S/C28H27ClN2O3/c1-2-33-28-26-24(25(30-34-26)21-13-15-22(29)16-14-21)27(32)31(28)18-17-23(19-9-5-3-6-10-19)20-11-7-4-8-12-20/h3-16,23-24,26,28H,2,17-18H2,1H3/t24-,26+,28-/m1/s1. The van der Waals surface area contributed by atoms with Crippen molar-refractivity contribution in [2.24, 2.45) is 11.1 Å². The fraction of sp³-hybridized carbons (Fsp3) is 0.286. The summed E-state index contributed by atoms with van der Waals surface area (Å²) in [5, 5.41) is 4.91. The Balaban J connectivity index is 1.39. The molecule has 1 saturated heterocycles. The van der Waals surface area contributed by atoms with Gasteiger partial charge in [0.25, 0.3) is 0 Å². The minimum atomic E-state index is -0.482. The number of hydrogen-bond acceptors (Lipinski definition) is 4. The number of carbonyl (C=O) groups excluding carboxylic acids is 1. The van der Waals surface area contributed by atoms with Crippen molar-refractivity contribution in [2.75, 3.05) is 13.2 Å². The first-order chi connectivity index (χ1) is 16.7. The Morgan fingerprint density at radius 3 is 2.18 bits per heavy atom. The summed E-state index contributed by atoms with van der Waals surface area (Å²) < 4.78 is 6.03. The first-order valence-corrected chi connectivity index (χ1v) is 12.1. The highest BCUT2D eigenvalue weighted by atomic mass is 35.5. The van der Waals surface area contributed by atoms with Crippen LogP contribution in [0.3, 0.4) is 0 Å². The van der Waals surface area contributed by atoms with Gasteiger partial charge in [-0.2, -0.15) is 0 Å². The predicted molar refractivity (Wildman–Crippen MR) is 133 cm³/mol. The minimum absolute atomic E-state index is 0.00507. The largest absolute Gasteiger partial charge is 0.386 e. The molecule has 0 saturated carbocycles. The van der Waals surface area contributed by atoms with Gasteiger partial charge in [-0.1, -0.05) is 89.6 Å². The molecule has 3 aromatic carbocycles. The molecule has 0 spiro atoms. The van der Waals surface area contributed by atoms with Crippen LogP contribution in [-0.2, 0) is 14.4 Å². The van der Waals surface area contributed by atoms with Crippen LogP contribution >= 0.6 is 11.6 Å². The smallest absolute Gasteiger partial charge is 0.238 e. The number of fused-ring (bicyclic) bond motifs is 1. The van der Waals surface area contributed by atoms with E-state index < -0.39 is 18.2 Å². The van der Waals surface area contributed by atoms with E-state index in [-0.39, 0.29) is 11.8 Å². The normalized spacial score (nSPS) is 21.5. The summed E-state index contributed by atoms with van der Waals surface area (Å²) in [5.74, 6) is -0.317. The molecule has 0 N–H and O–H groups in total. The maximum atomic E-state index is 13.7. The van der Waals surface area contributed by atoms with Gasteiger partial charge >= 0.3 is 0 Å². The molecule has 1 fully saturated rings. The predicted octanol–water partition coefficient (Wildman–Crippen LogP) is 5.49. The van der Waals surface area contributed by atoms with Crippen molar-refractivity contribution < 1.29 is 14.4 Å². The number of likely N-dealkylation sites (tertiary alicyclic amines) is 1. The minimum Gasteiger partial charge on any atom is -0.386 e. The monoisotopic (exact) mass is 474 g/mol. The van der Waals surface area contributed by atoms with Gasteiger partial charge in [0.2, 0.25) is 5.91 Å². The van der Waals surface area contributed by atoms with Crippen LogP contribution in [0.2, 0.25) is 5.02 Å². The number of ether oxygens (including phenoxy) is 1. The summed E-state index contributed by atoms with van der Waals surface area (Å²) in [6, 6.07) is 28.2. The van der Waals surface area contributed by atoms with Crippen LogP contribution in [0.1, 0.15) is 36.0 Å². The maximum absolute atomic E-state index is 13.7. The molecule has 5 rings (SSSR count). The second kappa shape index (κ2) is 10.00. The molecule has 0 bridgehead atoms. The molecule has 34 heavy (non-hydrogen) atoms. The van der Waals surface area contributed by atoms with E-state index in [1.165, 1.54) is 11.1 Å². The average Bonchev–Trinajstić information content (AvgIpc) is 3.41. The second-order valence-electron chi connectivity index (χ2n) is 8.57. The van der Waals surface area contributed by atoms with Crippen LogP contribution in [0.25, 0.3) is 0 Å². The lowest BCUT2D eigenvalue weighted by molar-refractivity contribution is -0.141. The van der Waals surface area contributed by atoms with Crippen molar-refractivity contribution in [3.05, 3.63) is 107 Å². The van der Waals surface area contributed by atoms with Gasteiger partial charge in [0.15, 0.2) is 12.3 Å². The third-order valence-corrected chi connectivity index (χ3v) is 6.83. The third kappa shape index (κ3) is 4.33. The highest BCUT2D eigenvalue weighted by Crippen LogP contribution is 2.38. The first kappa shape index (κ1) is 22.6. The van der Waals surface area contributed by atoms with E-state index >= 15 is 0 Å². The molecule has 0 radical (unpaired) electrons. The van der Waals surface area contributed by atoms with Gasteiger partial charge in [-0.3, -0.25) is 4.79 Å². The molecule has 174 valence electrons. The van der Waals surface area contributed by atoms with Gasteiger partial charge in [0.1, 0.15) is 11.6 Å². The summed E-state index contributed by atoms with van der Waals surface area (Å²) >= 11 is 6.05. The maximum Gasteiger partial charge on any atom is 0.238 e. The zero-order valence-electron chi connectivity index (χ0n) is 19.0. The van der Waals surface area contributed by atoms with Gasteiger partial charge in [-0.15, -0.1) is 0 Å². The van der Waals surface area contributed by atoms with E-state index in [0.29, 0.717) is 23.9 Å². The van der Waals surface area contributed by atoms with E-state index in [0.717, 1.165) is 12.0 Å². The first-order valence-electron chi connectivity index (χ1n) is 11.7. The lowest BCUT2D eigenvalue weighted by atomic mass is 9.88. The Morgan fingerprint density at radius 2 is 1.59 bits per heavy atom. The van der Waals surface area contributed by atoms with Gasteiger partial charge in [-0.25, -0.2) is 0 Å². The molecule has 2 aliphatic rings. The lowest BCUT2D eigenvalue weighted by Gasteiger charge is -2.28. The molecule has 2 aliphatic heterocycles. The molecule has 3 atom stereocenters. The van der Waals surface area contributed by atoms with Gasteiger partial charge in [0, 0.05) is 29.7 Å². The van der Waals surface area contributed by atoms with Crippen LogP contribution in [-0.4, -0.2) is 42.0 Å². The van der Waals surface area contributed by atoms with Gasteiger partial charge in [0.05, 0.1) is 0 Å². The van der Waals surface area contributed by atoms with Crippen molar-refractivity contribution in [1.29, 1.82) is 0 Å². The Hall–Kier alpha value is -3.15. The van der Waals surface area contributed by atoms with Crippen molar-refractivity contribution in [3.8, 4) is 0 Å². The Labute approximate surface area is 204 Å². The summed E-state index contributed by atoms with van der Waals surface area (Å²) in [6.07, 6.45) is -0.149. The summed E-state index contributed by atoms with van der Waals surface area (Å²) in [5.41, 5.74) is 3.94. The molecule has 1 amide bonds. The van der Waals surface area contributed by atoms with Crippen LogP contribution in [0.5, 0.6) is 0 Å². The number of benzene rings is 3. The van der Waals surface area contributed by atoms with Gasteiger partial charge < -0.3 is 14.5 Å². The molecule has 0 aliphatic carbocycles. The molecule has 0 aromatic heterocycles. The van der Waals surface area contributed by atoms with Crippen LogP contribution in [0.4, 0.5) is 0 Å². The molecule has 6 heteroatoms. The quantitative estimate of drug-likeness (QED) is 0.434. The molecular weight excluding hydrogens is 448 g/mol. The highest BCUT2D eigenvalue weighted by molar-refractivity contribution is 6.30. The summed E-state index contributed by atoms with van der Waals surface area (Å²) in [6.45, 7) is 2.98. The zero-order chi connectivity index (χ0) is 23.5. The third-order valence-electron chi connectivity index (χ3n) is 6.57. The van der Waals surface area contributed by atoms with Crippen LogP contribution < -0.4 is 0 Å². The Kier molecular flexibility index (Phi) is 6.66. The number of oxime groups is 1. The fourth-order valence-corrected chi connectivity index (χ4v) is 5.08. The van der Waals surface area contributed by atoms with Crippen molar-refractivity contribution in [1.82, 2.24) is 4.90 Å². The van der Waals surface area contributed by atoms with E-state index in [1.54, 1.807) is 12.1 Å². The Morgan fingerprint density at radius 1 is 0.971 bits per heavy atom. The molecule has 2 heterocycles. The lowest BCUT2D eigenvalue weighted by Crippen LogP contribution is -2.40. The number of carbonyl (C=O) groups is 1. The topological polar surface area (TPSA) is 51.1 Å². The number of rotatable bonds is 8. The molecule has 3 aromatic rings. The average molecular weight is 475 g/mol. The molecule has 5 nitrogen and oxygen atoms in total. The van der Waals surface area contributed by atoms with Crippen LogP contribution in [0.15, 0.2) is 90.1 Å². The van der Waals surface area contributed by atoms with E-state index in [9.17, 15) is 4.79 Å². The van der Waals surface area contributed by atoms with Crippen LogP contribution in [0, 0.1) is 5.92 Å². The molecule has 0 unspecified atom stereocenters. The Bertz CT molecular complexity index is 1110. The number of nitrogens with zero attached hydrogens (tertiary/aromatic N) is 2. The van der Waals surface area contributed by atoms with Gasteiger partial charge in [-0.05, 0) is 36.6 Å². The van der Waals surface area contributed by atoms with Crippen molar-refractivity contribution in [3.63, 3.8) is 0 Å². The van der Waals surface area contributed by atoms with Crippen molar-refractivity contribution in [2.45, 2.75) is 31.6 Å². The highest BCUT2D eigenvalue weighted by Gasteiger charge is 2.56. The van der Waals surface area contributed by atoms with Crippen molar-refractivity contribution >= 4 is 23.2 Å². The van der Waals surface area contributed by atoms with E-state index in [1.807, 2.05) is 36.1 Å². The summed E-state index contributed by atoms with van der Waals surface area (Å²) in [7, 11) is 0. The molecular formula is C28H27ClN2O3. The SMILES string of the molecule is CCO[C@@H]1[C@H]2ON=C(c3ccc(Cl)cc3)[C@H]2C(=O)N1CCC(c1ccccc1)c1ccccc1. The fourth-order valence-electron chi connectivity index (χ4n) is 4.96. The van der Waals surface area contributed by atoms with E-state index in [4.69, 9.17) is 21.2 Å². The zero-order valence-corrected chi connectivity index (χ0v) is 19.8. The second-order valence-corrected chi connectivity index (χ2v) is 9.01. The number of halogens is 1. The summed E-state index contributed by atoms with van der Waals surface area (Å²) in [4.78, 5) is 21.3.